The summed E-state index contributed by atoms with van der Waals surface area (Å²) >= 11 is 6.18. The smallest absolute Gasteiger partial charge is 0.325 e. The van der Waals surface area contributed by atoms with Crippen LogP contribution in [0.25, 0.3) is 0 Å². The number of anilines is 1. The van der Waals surface area contributed by atoms with E-state index in [4.69, 9.17) is 16.6 Å². The van der Waals surface area contributed by atoms with Gasteiger partial charge in [-0.15, -0.1) is 0 Å². The molecule has 1 N–H and O–H groups in total. The van der Waals surface area contributed by atoms with Gasteiger partial charge in [-0.05, 0) is 36.6 Å². The van der Waals surface area contributed by atoms with Crippen molar-refractivity contribution in [3.8, 4) is 0 Å². The zero-order chi connectivity index (χ0) is 24.4. The van der Waals surface area contributed by atoms with Crippen LogP contribution in [0.1, 0.15) is 12.0 Å². The molecule has 5 rings (SSSR count). The van der Waals surface area contributed by atoms with Crippen molar-refractivity contribution in [2.45, 2.75) is 25.0 Å². The molecule has 9 heteroatoms. The van der Waals surface area contributed by atoms with Crippen LogP contribution >= 0.6 is 11.6 Å². The highest BCUT2D eigenvalue weighted by molar-refractivity contribution is 6.30. The van der Waals surface area contributed by atoms with E-state index in [0.29, 0.717) is 13.1 Å². The minimum atomic E-state index is -0.476. The van der Waals surface area contributed by atoms with Crippen LogP contribution in [0.15, 0.2) is 59.6 Å². The standard InChI is InChI=1S/C26H31ClN6O2/c1-30-24-23(25(34)29-26(30)35)33(12-6-9-19-7-3-2-4-8-19)22(28-24)18-31-13-15-32(16-14-31)21-11-5-10-20(27)17-21/h2-5,7-8,10-11,17,23-24H,6,9,12-16,18H2,1H3,(H,29,34,35). The van der Waals surface area contributed by atoms with Gasteiger partial charge in [0.25, 0.3) is 5.91 Å². The van der Waals surface area contributed by atoms with Crippen molar-refractivity contribution in [3.63, 3.8) is 0 Å². The van der Waals surface area contributed by atoms with Gasteiger partial charge in [0.15, 0.2) is 12.2 Å². The van der Waals surface area contributed by atoms with E-state index in [2.05, 4.69) is 38.2 Å². The van der Waals surface area contributed by atoms with Gasteiger partial charge < -0.3 is 14.7 Å². The van der Waals surface area contributed by atoms with Crippen LogP contribution in [0.4, 0.5) is 10.5 Å². The number of rotatable bonds is 7. The minimum Gasteiger partial charge on any atom is -0.369 e. The molecule has 3 amide bonds. The zero-order valence-corrected chi connectivity index (χ0v) is 20.7. The van der Waals surface area contributed by atoms with Crippen molar-refractivity contribution in [2.24, 2.45) is 4.99 Å². The van der Waals surface area contributed by atoms with Crippen LogP contribution < -0.4 is 10.2 Å². The second-order valence-corrected chi connectivity index (χ2v) is 9.77. The predicted octanol–water partition coefficient (Wildman–Crippen LogP) is 2.69. The quantitative estimate of drug-likeness (QED) is 0.641. The molecule has 8 nitrogen and oxygen atoms in total. The van der Waals surface area contributed by atoms with E-state index < -0.39 is 12.2 Å². The van der Waals surface area contributed by atoms with Crippen LogP contribution in [0.5, 0.6) is 0 Å². The highest BCUT2D eigenvalue weighted by Crippen LogP contribution is 2.26. The Morgan fingerprint density at radius 3 is 2.54 bits per heavy atom. The Kier molecular flexibility index (Phi) is 6.92. The summed E-state index contributed by atoms with van der Waals surface area (Å²) in [4.78, 5) is 38.3. The fourth-order valence-electron chi connectivity index (χ4n) is 5.12. The molecule has 0 aliphatic carbocycles. The number of carbonyl (C=O) groups is 2. The number of aryl methyl sites for hydroxylation is 1. The Morgan fingerprint density at radius 2 is 1.80 bits per heavy atom. The lowest BCUT2D eigenvalue weighted by Crippen LogP contribution is -2.64. The molecule has 184 valence electrons. The molecule has 0 saturated carbocycles. The van der Waals surface area contributed by atoms with E-state index in [9.17, 15) is 9.59 Å². The SMILES string of the molecule is CN1C(=O)NC(=O)C2C1N=C(CN1CCN(c3cccc(Cl)c3)CC1)N2CCCc1ccccc1. The monoisotopic (exact) mass is 494 g/mol. The van der Waals surface area contributed by atoms with Gasteiger partial charge >= 0.3 is 6.03 Å². The summed E-state index contributed by atoms with van der Waals surface area (Å²) in [6.07, 6.45) is 1.35. The number of imide groups is 1. The van der Waals surface area contributed by atoms with Gasteiger partial charge in [-0.2, -0.15) is 0 Å². The number of fused-ring (bicyclic) bond motifs is 1. The first-order valence-electron chi connectivity index (χ1n) is 12.2. The molecule has 2 unspecified atom stereocenters. The minimum absolute atomic E-state index is 0.262. The van der Waals surface area contributed by atoms with Crippen molar-refractivity contribution >= 4 is 35.1 Å². The van der Waals surface area contributed by atoms with E-state index in [1.807, 2.05) is 36.4 Å². The summed E-state index contributed by atoms with van der Waals surface area (Å²) in [5.74, 6) is 0.628. The van der Waals surface area contributed by atoms with Crippen LogP contribution in [0, 0.1) is 0 Å². The van der Waals surface area contributed by atoms with Crippen molar-refractivity contribution < 1.29 is 9.59 Å². The molecular formula is C26H31ClN6O2. The number of halogens is 1. The number of benzene rings is 2. The highest BCUT2D eigenvalue weighted by atomic mass is 35.5. The van der Waals surface area contributed by atoms with Crippen LogP contribution in [0.3, 0.4) is 0 Å². The Labute approximate surface area is 211 Å². The zero-order valence-electron chi connectivity index (χ0n) is 19.9. The second kappa shape index (κ2) is 10.3. The molecule has 3 aliphatic heterocycles. The van der Waals surface area contributed by atoms with Crippen molar-refractivity contribution in [1.82, 2.24) is 20.0 Å². The molecule has 2 saturated heterocycles. The number of piperazine rings is 1. The van der Waals surface area contributed by atoms with Gasteiger partial charge in [0.2, 0.25) is 0 Å². The molecule has 0 bridgehead atoms. The van der Waals surface area contributed by atoms with Crippen LogP contribution in [0.2, 0.25) is 5.02 Å². The number of nitrogens with zero attached hydrogens (tertiary/aromatic N) is 5. The Morgan fingerprint density at radius 1 is 1.03 bits per heavy atom. The van der Waals surface area contributed by atoms with E-state index in [-0.39, 0.29) is 11.9 Å². The first-order valence-corrected chi connectivity index (χ1v) is 12.5. The summed E-state index contributed by atoms with van der Waals surface area (Å²) in [5, 5.41) is 3.24. The van der Waals surface area contributed by atoms with Gasteiger partial charge in [-0.1, -0.05) is 48.0 Å². The van der Waals surface area contributed by atoms with E-state index in [0.717, 1.165) is 55.6 Å². The number of aliphatic imine (C=N–C) groups is 1. The second-order valence-electron chi connectivity index (χ2n) is 9.33. The molecule has 2 atom stereocenters. The maximum absolute atomic E-state index is 12.8. The normalized spacial score (nSPS) is 22.8. The number of amidine groups is 1. The van der Waals surface area contributed by atoms with Gasteiger partial charge in [0.1, 0.15) is 5.84 Å². The van der Waals surface area contributed by atoms with Gasteiger partial charge in [0.05, 0.1) is 6.54 Å². The van der Waals surface area contributed by atoms with Crippen LogP contribution in [-0.4, -0.2) is 91.0 Å². The molecule has 2 aromatic carbocycles. The number of amides is 3. The summed E-state index contributed by atoms with van der Waals surface area (Å²) in [6.45, 7) is 4.95. The summed E-state index contributed by atoms with van der Waals surface area (Å²) in [5.41, 5.74) is 2.42. The lowest BCUT2D eigenvalue weighted by molar-refractivity contribution is -0.127. The third-order valence-corrected chi connectivity index (χ3v) is 7.30. The topological polar surface area (TPSA) is 71.5 Å². The summed E-state index contributed by atoms with van der Waals surface area (Å²) < 4.78 is 0. The van der Waals surface area contributed by atoms with E-state index >= 15 is 0 Å². The van der Waals surface area contributed by atoms with E-state index in [1.54, 1.807) is 11.9 Å². The summed E-state index contributed by atoms with van der Waals surface area (Å²) in [6, 6.07) is 17.5. The Bertz CT molecular complexity index is 1100. The number of hydrogen-bond donors (Lipinski definition) is 1. The van der Waals surface area contributed by atoms with Gasteiger partial charge in [0, 0.05) is 50.5 Å². The van der Waals surface area contributed by atoms with Crippen LogP contribution in [-0.2, 0) is 11.2 Å². The predicted molar refractivity (Wildman–Crippen MR) is 138 cm³/mol. The molecular weight excluding hydrogens is 464 g/mol. The first-order chi connectivity index (χ1) is 17.0. The molecule has 2 aromatic rings. The lowest BCUT2D eigenvalue weighted by Gasteiger charge is -2.38. The van der Waals surface area contributed by atoms with Crippen molar-refractivity contribution in [1.29, 1.82) is 0 Å². The fourth-order valence-corrected chi connectivity index (χ4v) is 5.30. The maximum Gasteiger partial charge on any atom is 0.325 e. The average molecular weight is 495 g/mol. The fraction of sp³-hybridized carbons (Fsp3) is 0.423. The molecule has 0 radical (unpaired) electrons. The first kappa shape index (κ1) is 23.6. The third-order valence-electron chi connectivity index (χ3n) is 7.06. The summed E-state index contributed by atoms with van der Waals surface area (Å²) in [7, 11) is 1.71. The molecule has 3 aliphatic rings. The number of carbonyl (C=O) groups excluding carboxylic acids is 2. The number of urea groups is 1. The van der Waals surface area contributed by atoms with Crippen molar-refractivity contribution in [2.75, 3.05) is 51.2 Å². The lowest BCUT2D eigenvalue weighted by atomic mass is 10.1. The molecule has 0 aromatic heterocycles. The van der Waals surface area contributed by atoms with Gasteiger partial charge in [-0.25, -0.2) is 9.79 Å². The average Bonchev–Trinajstić information content (AvgIpc) is 3.22. The third kappa shape index (κ3) is 5.13. The molecule has 2 fully saturated rings. The van der Waals surface area contributed by atoms with Crippen molar-refractivity contribution in [3.05, 3.63) is 65.2 Å². The maximum atomic E-state index is 12.8. The largest absolute Gasteiger partial charge is 0.369 e. The molecule has 0 spiro atoms. The Hall–Kier alpha value is -3.10. The molecule has 3 heterocycles. The van der Waals surface area contributed by atoms with Gasteiger partial charge in [-0.3, -0.25) is 15.0 Å². The molecule has 35 heavy (non-hydrogen) atoms. The number of nitrogens with one attached hydrogen (secondary N) is 1. The highest BCUT2D eigenvalue weighted by Gasteiger charge is 2.48. The van der Waals surface area contributed by atoms with E-state index in [1.165, 1.54) is 5.56 Å². The Balaban J connectivity index is 1.26. The number of likely N-dealkylation sites (N-methyl/N-ethyl adjacent to an activating group) is 1. The number of hydrogen-bond acceptors (Lipinski definition) is 6.